The first-order chi connectivity index (χ1) is 8.19. The van der Waals surface area contributed by atoms with Gasteiger partial charge in [0.25, 0.3) is 0 Å². The summed E-state index contributed by atoms with van der Waals surface area (Å²) in [5.74, 6) is 0.457. The summed E-state index contributed by atoms with van der Waals surface area (Å²) >= 11 is 0. The van der Waals surface area contributed by atoms with Crippen molar-refractivity contribution in [2.75, 3.05) is 25.6 Å². The Hall–Kier alpha value is -1.59. The van der Waals surface area contributed by atoms with E-state index in [2.05, 4.69) is 10.6 Å². The van der Waals surface area contributed by atoms with Gasteiger partial charge in [-0.1, -0.05) is 12.1 Å². The number of hydrogen-bond acceptors (Lipinski definition) is 4. The molecule has 5 heteroatoms. The van der Waals surface area contributed by atoms with Crippen molar-refractivity contribution in [3.63, 3.8) is 0 Å². The molecule has 1 unspecified atom stereocenters. The van der Waals surface area contributed by atoms with E-state index in [9.17, 15) is 4.79 Å². The molecule has 0 aromatic heterocycles. The smallest absolute Gasteiger partial charge is 0.241 e. The molecule has 5 nitrogen and oxygen atoms in total. The lowest BCUT2D eigenvalue weighted by atomic mass is 10.2. The van der Waals surface area contributed by atoms with Gasteiger partial charge in [0, 0.05) is 6.54 Å². The van der Waals surface area contributed by atoms with Crippen molar-refractivity contribution in [2.45, 2.75) is 13.0 Å². The number of para-hydroxylation sites is 2. The van der Waals surface area contributed by atoms with E-state index in [-0.39, 0.29) is 18.6 Å². The molecule has 1 aromatic carbocycles. The van der Waals surface area contributed by atoms with Crippen LogP contribution in [0.3, 0.4) is 0 Å². The molecule has 0 spiro atoms. The molecule has 1 amide bonds. The summed E-state index contributed by atoms with van der Waals surface area (Å²) in [6.07, 6.45) is 0. The Bertz CT molecular complexity index is 369. The summed E-state index contributed by atoms with van der Waals surface area (Å²) in [6, 6.07) is 6.84. The van der Waals surface area contributed by atoms with Gasteiger partial charge in [0.1, 0.15) is 5.75 Å². The highest BCUT2D eigenvalue weighted by Crippen LogP contribution is 2.22. The predicted octanol–water partition coefficient (Wildman–Crippen LogP) is 0.604. The van der Waals surface area contributed by atoms with Crippen molar-refractivity contribution < 1.29 is 14.6 Å². The van der Waals surface area contributed by atoms with E-state index in [0.29, 0.717) is 18.0 Å². The van der Waals surface area contributed by atoms with Crippen molar-refractivity contribution in [1.82, 2.24) is 5.32 Å². The van der Waals surface area contributed by atoms with Crippen molar-refractivity contribution in [3.05, 3.63) is 24.3 Å². The molecule has 94 valence electrons. The van der Waals surface area contributed by atoms with Gasteiger partial charge in [0.2, 0.25) is 5.91 Å². The maximum absolute atomic E-state index is 11.8. The van der Waals surface area contributed by atoms with Crippen LogP contribution in [-0.4, -0.2) is 37.3 Å². The third kappa shape index (κ3) is 4.05. The van der Waals surface area contributed by atoms with Crippen molar-refractivity contribution >= 4 is 11.6 Å². The van der Waals surface area contributed by atoms with E-state index in [1.807, 2.05) is 12.1 Å². The molecule has 0 aliphatic carbocycles. The largest absolute Gasteiger partial charge is 0.495 e. The third-order valence-electron chi connectivity index (χ3n) is 2.32. The van der Waals surface area contributed by atoms with Gasteiger partial charge >= 0.3 is 0 Å². The fourth-order valence-corrected chi connectivity index (χ4v) is 1.36. The van der Waals surface area contributed by atoms with Gasteiger partial charge in [-0.3, -0.25) is 4.79 Å². The zero-order chi connectivity index (χ0) is 12.7. The number of aliphatic hydroxyl groups excluding tert-OH is 1. The van der Waals surface area contributed by atoms with E-state index in [1.54, 1.807) is 26.2 Å². The summed E-state index contributed by atoms with van der Waals surface area (Å²) in [4.78, 5) is 11.8. The van der Waals surface area contributed by atoms with Crippen LogP contribution < -0.4 is 15.4 Å². The lowest BCUT2D eigenvalue weighted by Crippen LogP contribution is -2.39. The Morgan fingerprint density at radius 1 is 1.47 bits per heavy atom. The Morgan fingerprint density at radius 2 is 2.18 bits per heavy atom. The van der Waals surface area contributed by atoms with E-state index < -0.39 is 0 Å². The fourth-order valence-electron chi connectivity index (χ4n) is 1.36. The van der Waals surface area contributed by atoms with Gasteiger partial charge in [-0.05, 0) is 19.1 Å². The van der Waals surface area contributed by atoms with Gasteiger partial charge in [-0.2, -0.15) is 0 Å². The minimum absolute atomic E-state index is 0.00623. The van der Waals surface area contributed by atoms with Crippen molar-refractivity contribution in [1.29, 1.82) is 0 Å². The number of methoxy groups -OCH3 is 1. The maximum atomic E-state index is 11.8. The first-order valence-corrected chi connectivity index (χ1v) is 5.47. The highest BCUT2D eigenvalue weighted by atomic mass is 16.5. The molecule has 0 aliphatic heterocycles. The highest BCUT2D eigenvalue weighted by molar-refractivity contribution is 5.95. The Morgan fingerprint density at radius 3 is 2.82 bits per heavy atom. The summed E-state index contributed by atoms with van der Waals surface area (Å²) in [7, 11) is 1.55. The second-order valence-corrected chi connectivity index (χ2v) is 3.59. The van der Waals surface area contributed by atoms with Gasteiger partial charge in [0.05, 0.1) is 25.4 Å². The summed E-state index contributed by atoms with van der Waals surface area (Å²) in [5.41, 5.74) is 0.637. The zero-order valence-corrected chi connectivity index (χ0v) is 10.1. The van der Waals surface area contributed by atoms with Gasteiger partial charge in [-0.25, -0.2) is 0 Å². The number of carbonyl (C=O) groups excluding carboxylic acids is 1. The minimum Gasteiger partial charge on any atom is -0.495 e. The molecule has 1 rings (SSSR count). The minimum atomic E-state index is -0.368. The van der Waals surface area contributed by atoms with Crippen LogP contribution in [-0.2, 0) is 4.79 Å². The van der Waals surface area contributed by atoms with E-state index in [4.69, 9.17) is 9.84 Å². The van der Waals surface area contributed by atoms with E-state index >= 15 is 0 Å². The number of carbonyl (C=O) groups is 1. The second kappa shape index (κ2) is 6.88. The topological polar surface area (TPSA) is 70.6 Å². The molecular formula is C12H18N2O3. The molecule has 17 heavy (non-hydrogen) atoms. The molecule has 0 saturated carbocycles. The second-order valence-electron chi connectivity index (χ2n) is 3.59. The third-order valence-corrected chi connectivity index (χ3v) is 2.32. The first kappa shape index (κ1) is 13.5. The van der Waals surface area contributed by atoms with Crippen LogP contribution in [0.15, 0.2) is 24.3 Å². The average molecular weight is 238 g/mol. The van der Waals surface area contributed by atoms with Crippen molar-refractivity contribution in [3.8, 4) is 5.75 Å². The molecule has 1 atom stereocenters. The number of aliphatic hydroxyl groups is 1. The summed E-state index contributed by atoms with van der Waals surface area (Å²) < 4.78 is 5.13. The molecule has 1 aromatic rings. The number of ether oxygens (including phenoxy) is 1. The van der Waals surface area contributed by atoms with Crippen LogP contribution in [0.4, 0.5) is 5.69 Å². The number of rotatable bonds is 6. The fraction of sp³-hybridized carbons (Fsp3) is 0.417. The number of nitrogens with one attached hydrogen (secondary N) is 2. The van der Waals surface area contributed by atoms with Crippen LogP contribution >= 0.6 is 0 Å². The standard InChI is InChI=1S/C12H18N2O3/c1-9(13-7-8-15)12(16)14-10-5-3-4-6-11(10)17-2/h3-6,9,13,15H,7-8H2,1-2H3,(H,14,16). The number of hydrogen-bond donors (Lipinski definition) is 3. The number of benzene rings is 1. The summed E-state index contributed by atoms with van der Waals surface area (Å²) in [6.45, 7) is 2.13. The molecular weight excluding hydrogens is 220 g/mol. The number of amides is 1. The average Bonchev–Trinajstić information content (AvgIpc) is 2.36. The van der Waals surface area contributed by atoms with Crippen LogP contribution in [0.25, 0.3) is 0 Å². The van der Waals surface area contributed by atoms with Gasteiger partial charge in [-0.15, -0.1) is 0 Å². The quantitative estimate of drug-likeness (QED) is 0.679. The first-order valence-electron chi connectivity index (χ1n) is 5.47. The summed E-state index contributed by atoms with van der Waals surface area (Å²) in [5, 5.41) is 14.3. The predicted molar refractivity (Wildman–Crippen MR) is 66.2 cm³/mol. The van der Waals surface area contributed by atoms with Gasteiger partial charge < -0.3 is 20.5 Å². The lowest BCUT2D eigenvalue weighted by Gasteiger charge is -2.14. The molecule has 0 fully saturated rings. The van der Waals surface area contributed by atoms with E-state index in [1.165, 1.54) is 0 Å². The lowest BCUT2D eigenvalue weighted by molar-refractivity contribution is -0.117. The monoisotopic (exact) mass is 238 g/mol. The van der Waals surface area contributed by atoms with Crippen LogP contribution in [0.1, 0.15) is 6.92 Å². The van der Waals surface area contributed by atoms with Gasteiger partial charge in [0.15, 0.2) is 0 Å². The molecule has 0 heterocycles. The molecule has 3 N–H and O–H groups in total. The Balaban J connectivity index is 2.61. The molecule has 0 aliphatic rings. The van der Waals surface area contributed by atoms with Crippen LogP contribution in [0.2, 0.25) is 0 Å². The zero-order valence-electron chi connectivity index (χ0n) is 10.1. The molecule has 0 bridgehead atoms. The van der Waals surface area contributed by atoms with E-state index in [0.717, 1.165) is 0 Å². The Labute approximate surface area is 101 Å². The highest BCUT2D eigenvalue weighted by Gasteiger charge is 2.13. The Kier molecular flexibility index (Phi) is 5.45. The van der Waals surface area contributed by atoms with Crippen molar-refractivity contribution in [2.24, 2.45) is 0 Å². The SMILES string of the molecule is COc1ccccc1NC(=O)C(C)NCCO. The molecule has 0 saturated heterocycles. The number of anilines is 1. The maximum Gasteiger partial charge on any atom is 0.241 e. The molecule has 0 radical (unpaired) electrons. The van der Waals surface area contributed by atoms with Crippen LogP contribution in [0, 0.1) is 0 Å². The van der Waals surface area contributed by atoms with Crippen LogP contribution in [0.5, 0.6) is 5.75 Å². The normalized spacial score (nSPS) is 11.9.